The quantitative estimate of drug-likeness (QED) is 0.828. The third-order valence-electron chi connectivity index (χ3n) is 2.81. The van der Waals surface area contributed by atoms with Crippen molar-refractivity contribution < 1.29 is 23.1 Å². The molecule has 1 aliphatic rings. The fourth-order valence-electron chi connectivity index (χ4n) is 1.85. The van der Waals surface area contributed by atoms with Gasteiger partial charge in [-0.3, -0.25) is 9.48 Å². The predicted molar refractivity (Wildman–Crippen MR) is 58.1 cm³/mol. The van der Waals surface area contributed by atoms with Gasteiger partial charge in [-0.15, -0.1) is 0 Å². The molecule has 0 unspecified atom stereocenters. The van der Waals surface area contributed by atoms with Gasteiger partial charge in [0, 0.05) is 25.4 Å². The van der Waals surface area contributed by atoms with E-state index in [1.54, 1.807) is 0 Å². The van der Waals surface area contributed by atoms with Gasteiger partial charge in [0.15, 0.2) is 0 Å². The number of carbonyl (C=O) groups is 1. The number of aromatic nitrogens is 2. The number of alkyl halides is 3. The van der Waals surface area contributed by atoms with Crippen LogP contribution in [0.4, 0.5) is 13.2 Å². The number of carbonyl (C=O) groups excluding carboxylic acids is 1. The Morgan fingerprint density at radius 2 is 2.16 bits per heavy atom. The molecule has 6 nitrogen and oxygen atoms in total. The summed E-state index contributed by atoms with van der Waals surface area (Å²) in [4.78, 5) is 12.0. The maximum Gasteiger partial charge on any atom is 0.438 e. The first-order valence-electron chi connectivity index (χ1n) is 5.32. The maximum atomic E-state index is 12.9. The first-order chi connectivity index (χ1) is 8.67. The predicted octanol–water partition coefficient (Wildman–Crippen LogP) is 0.893. The number of hydrogen-bond donors (Lipinski definition) is 1. The minimum absolute atomic E-state index is 0.0235. The first-order valence-corrected chi connectivity index (χ1v) is 5.32. The maximum absolute atomic E-state index is 12.9. The van der Waals surface area contributed by atoms with Crippen molar-refractivity contribution in [1.29, 1.82) is 0 Å². The Kier molecular flexibility index (Phi) is 2.89. The highest BCUT2D eigenvalue weighted by Gasteiger charge is 2.62. The lowest BCUT2D eigenvalue weighted by atomic mass is 10.1. The zero-order chi connectivity index (χ0) is 14.4. The third-order valence-corrected chi connectivity index (χ3v) is 2.81. The molecule has 0 fully saturated rings. The molecule has 1 N–H and O–H groups in total. The number of rotatable bonds is 1. The fourth-order valence-corrected chi connectivity index (χ4v) is 1.85. The molecular formula is C10H11F3N4O2. The van der Waals surface area contributed by atoms with E-state index in [-0.39, 0.29) is 16.4 Å². The van der Waals surface area contributed by atoms with Crippen molar-refractivity contribution in [2.45, 2.75) is 25.2 Å². The van der Waals surface area contributed by atoms with E-state index >= 15 is 0 Å². The van der Waals surface area contributed by atoms with Crippen LogP contribution in [-0.2, 0) is 7.05 Å². The van der Waals surface area contributed by atoms with Crippen LogP contribution in [0.25, 0.3) is 0 Å². The molecule has 0 saturated heterocycles. The summed E-state index contributed by atoms with van der Waals surface area (Å²) in [6, 6.07) is 1.25. The SMILES string of the molecule is CC1=NN(C(=O)c2ccnn2C)[C@@](O)(C(F)(F)F)C1. The lowest BCUT2D eigenvalue weighted by Crippen LogP contribution is -2.56. The number of aryl methyl sites for hydroxylation is 1. The standard InChI is InChI=1S/C10H11F3N4O2/c1-6-5-9(19,10(11,12)13)17(15-6)8(18)7-3-4-14-16(7)2/h3-4,19H,5H2,1-2H3/t9-/m0/s1. The first kappa shape index (κ1) is 13.5. The zero-order valence-corrected chi connectivity index (χ0v) is 10.1. The number of hydrazone groups is 1. The summed E-state index contributed by atoms with van der Waals surface area (Å²) in [7, 11) is 1.41. The molecule has 0 bridgehead atoms. The summed E-state index contributed by atoms with van der Waals surface area (Å²) >= 11 is 0. The average molecular weight is 276 g/mol. The Morgan fingerprint density at radius 3 is 2.63 bits per heavy atom. The molecule has 0 spiro atoms. The van der Waals surface area contributed by atoms with Gasteiger partial charge in [0.25, 0.3) is 11.6 Å². The minimum Gasteiger partial charge on any atom is -0.362 e. The summed E-state index contributed by atoms with van der Waals surface area (Å²) in [5, 5.41) is 17.0. The second kappa shape index (κ2) is 4.05. The largest absolute Gasteiger partial charge is 0.438 e. The third kappa shape index (κ3) is 1.99. The van der Waals surface area contributed by atoms with Gasteiger partial charge >= 0.3 is 6.18 Å². The molecule has 1 amide bonds. The van der Waals surface area contributed by atoms with Crippen LogP contribution in [0.5, 0.6) is 0 Å². The molecule has 19 heavy (non-hydrogen) atoms. The molecule has 2 heterocycles. The van der Waals surface area contributed by atoms with Crippen LogP contribution < -0.4 is 0 Å². The van der Waals surface area contributed by atoms with Crippen LogP contribution in [0.2, 0.25) is 0 Å². The van der Waals surface area contributed by atoms with E-state index < -0.39 is 24.2 Å². The van der Waals surface area contributed by atoms with E-state index in [9.17, 15) is 23.1 Å². The van der Waals surface area contributed by atoms with Crippen LogP contribution in [0.3, 0.4) is 0 Å². The number of nitrogens with zero attached hydrogens (tertiary/aromatic N) is 4. The molecule has 0 radical (unpaired) electrons. The Balaban J connectivity index is 2.42. The van der Waals surface area contributed by atoms with Crippen LogP contribution in [0, 0.1) is 0 Å². The van der Waals surface area contributed by atoms with Crippen molar-refractivity contribution in [3.8, 4) is 0 Å². The second-order valence-electron chi connectivity index (χ2n) is 4.28. The van der Waals surface area contributed by atoms with E-state index in [1.807, 2.05) is 0 Å². The fraction of sp³-hybridized carbons (Fsp3) is 0.500. The highest BCUT2D eigenvalue weighted by molar-refractivity contribution is 5.96. The molecule has 9 heteroatoms. The Labute approximate surface area is 106 Å². The summed E-state index contributed by atoms with van der Waals surface area (Å²) in [6.07, 6.45) is -4.49. The number of amides is 1. The Morgan fingerprint density at radius 1 is 1.53 bits per heavy atom. The summed E-state index contributed by atoms with van der Waals surface area (Å²) < 4.78 is 39.9. The minimum atomic E-state index is -5.00. The van der Waals surface area contributed by atoms with Crippen molar-refractivity contribution in [3.05, 3.63) is 18.0 Å². The molecule has 1 atom stereocenters. The lowest BCUT2D eigenvalue weighted by Gasteiger charge is -2.32. The van der Waals surface area contributed by atoms with Crippen LogP contribution >= 0.6 is 0 Å². The molecule has 1 aromatic heterocycles. The van der Waals surface area contributed by atoms with Crippen LogP contribution in [-0.4, -0.2) is 43.4 Å². The van der Waals surface area contributed by atoms with Gasteiger partial charge in [0.1, 0.15) is 5.69 Å². The van der Waals surface area contributed by atoms with E-state index in [1.165, 1.54) is 26.2 Å². The van der Waals surface area contributed by atoms with Crippen molar-refractivity contribution in [2.24, 2.45) is 12.1 Å². The van der Waals surface area contributed by atoms with E-state index in [0.717, 1.165) is 4.68 Å². The second-order valence-corrected chi connectivity index (χ2v) is 4.28. The lowest BCUT2D eigenvalue weighted by molar-refractivity contribution is -0.297. The van der Waals surface area contributed by atoms with E-state index in [0.29, 0.717) is 0 Å². The molecule has 0 saturated carbocycles. The smallest absolute Gasteiger partial charge is 0.362 e. The number of aliphatic hydroxyl groups is 1. The topological polar surface area (TPSA) is 70.7 Å². The summed E-state index contributed by atoms with van der Waals surface area (Å²) in [5.41, 5.74) is -3.38. The molecule has 0 aromatic carbocycles. The molecular weight excluding hydrogens is 265 g/mol. The monoisotopic (exact) mass is 276 g/mol. The van der Waals surface area contributed by atoms with E-state index in [4.69, 9.17) is 0 Å². The molecule has 104 valence electrons. The van der Waals surface area contributed by atoms with Gasteiger partial charge in [-0.05, 0) is 13.0 Å². The number of hydrogen-bond acceptors (Lipinski definition) is 4. The van der Waals surface area contributed by atoms with Gasteiger partial charge < -0.3 is 5.11 Å². The van der Waals surface area contributed by atoms with Gasteiger partial charge in [0.2, 0.25) is 0 Å². The van der Waals surface area contributed by atoms with Crippen LogP contribution in [0.1, 0.15) is 23.8 Å². The van der Waals surface area contributed by atoms with Gasteiger partial charge in [0.05, 0.1) is 0 Å². The molecule has 1 aromatic rings. The van der Waals surface area contributed by atoms with E-state index in [2.05, 4.69) is 10.2 Å². The van der Waals surface area contributed by atoms with Crippen molar-refractivity contribution in [3.63, 3.8) is 0 Å². The van der Waals surface area contributed by atoms with Gasteiger partial charge in [-0.2, -0.15) is 28.4 Å². The van der Waals surface area contributed by atoms with Crippen molar-refractivity contribution in [1.82, 2.24) is 14.8 Å². The normalized spacial score (nSPS) is 23.7. The Bertz CT molecular complexity index is 551. The highest BCUT2D eigenvalue weighted by Crippen LogP contribution is 2.40. The van der Waals surface area contributed by atoms with Crippen molar-refractivity contribution >= 4 is 11.6 Å². The van der Waals surface area contributed by atoms with Crippen LogP contribution in [0.15, 0.2) is 17.4 Å². The van der Waals surface area contributed by atoms with Crippen molar-refractivity contribution in [2.75, 3.05) is 0 Å². The average Bonchev–Trinajstić information content (AvgIpc) is 2.81. The summed E-state index contributed by atoms with van der Waals surface area (Å²) in [6.45, 7) is 1.31. The van der Waals surface area contributed by atoms with Gasteiger partial charge in [-0.25, -0.2) is 0 Å². The van der Waals surface area contributed by atoms with Gasteiger partial charge in [-0.1, -0.05) is 0 Å². The number of halogens is 3. The zero-order valence-electron chi connectivity index (χ0n) is 10.1. The molecule has 1 aliphatic heterocycles. The molecule has 2 rings (SSSR count). The molecule has 0 aliphatic carbocycles. The highest BCUT2D eigenvalue weighted by atomic mass is 19.4. The summed E-state index contributed by atoms with van der Waals surface area (Å²) in [5.74, 6) is -1.06. The Hall–Kier alpha value is -1.90.